The lowest BCUT2D eigenvalue weighted by Gasteiger charge is -2.16. The van der Waals surface area contributed by atoms with E-state index in [0.29, 0.717) is 5.92 Å². The highest BCUT2D eigenvalue weighted by molar-refractivity contribution is 6.35. The number of hydrogen-bond acceptors (Lipinski definition) is 0. The lowest BCUT2D eigenvalue weighted by atomic mass is 9.92. The molecule has 0 bridgehead atoms. The minimum absolute atomic E-state index is 0.650. The molecular formula is C13H16Cl2. The normalized spacial score (nSPS) is 18.8. The lowest BCUT2D eigenvalue weighted by molar-refractivity contribution is 0.593. The van der Waals surface area contributed by atoms with Gasteiger partial charge in [0.1, 0.15) is 0 Å². The Kier molecular flexibility index (Phi) is 3.93. The second kappa shape index (κ2) is 5.23. The smallest absolute Gasteiger partial charge is 0.0455 e. The quantitative estimate of drug-likeness (QED) is 0.577. The molecule has 0 spiro atoms. The van der Waals surface area contributed by atoms with Gasteiger partial charge in [-0.15, -0.1) is 0 Å². The van der Waals surface area contributed by atoms with Crippen LogP contribution in [0, 0.1) is 0 Å². The van der Waals surface area contributed by atoms with Crippen molar-refractivity contribution in [2.45, 2.75) is 44.4 Å². The standard InChI is InChI=1S/C13H16Cl2/c14-11-7-8-12(13(15)9-11)10-5-3-1-2-4-6-10/h7-10H,1-6H2. The summed E-state index contributed by atoms with van der Waals surface area (Å²) >= 11 is 12.1. The average molecular weight is 243 g/mol. The SMILES string of the molecule is Clc1ccc(C2CCCCCC2)c(Cl)c1. The monoisotopic (exact) mass is 242 g/mol. The van der Waals surface area contributed by atoms with Crippen LogP contribution in [0.2, 0.25) is 10.0 Å². The van der Waals surface area contributed by atoms with Gasteiger partial charge in [-0.25, -0.2) is 0 Å². The summed E-state index contributed by atoms with van der Waals surface area (Å²) in [6.07, 6.45) is 7.99. The minimum Gasteiger partial charge on any atom is -0.0843 e. The fourth-order valence-corrected chi connectivity index (χ4v) is 2.99. The Bertz CT molecular complexity index is 325. The first-order valence-electron chi connectivity index (χ1n) is 5.72. The predicted molar refractivity (Wildman–Crippen MR) is 66.9 cm³/mol. The Balaban J connectivity index is 2.19. The van der Waals surface area contributed by atoms with Gasteiger partial charge in [-0.2, -0.15) is 0 Å². The number of halogens is 2. The van der Waals surface area contributed by atoms with Crippen molar-refractivity contribution in [1.29, 1.82) is 0 Å². The molecule has 0 nitrogen and oxygen atoms in total. The maximum Gasteiger partial charge on any atom is 0.0455 e. The van der Waals surface area contributed by atoms with Crippen LogP contribution < -0.4 is 0 Å². The first-order chi connectivity index (χ1) is 7.27. The van der Waals surface area contributed by atoms with E-state index in [1.54, 1.807) is 0 Å². The summed E-state index contributed by atoms with van der Waals surface area (Å²) in [7, 11) is 0. The van der Waals surface area contributed by atoms with Gasteiger partial charge in [0.25, 0.3) is 0 Å². The van der Waals surface area contributed by atoms with Crippen LogP contribution >= 0.6 is 23.2 Å². The summed E-state index contributed by atoms with van der Waals surface area (Å²) in [5.41, 5.74) is 1.29. The van der Waals surface area contributed by atoms with Crippen LogP contribution in [-0.2, 0) is 0 Å². The summed E-state index contributed by atoms with van der Waals surface area (Å²) < 4.78 is 0. The lowest BCUT2D eigenvalue weighted by Crippen LogP contribution is -1.97. The van der Waals surface area contributed by atoms with Crippen LogP contribution in [0.25, 0.3) is 0 Å². The van der Waals surface area contributed by atoms with E-state index >= 15 is 0 Å². The number of rotatable bonds is 1. The predicted octanol–water partition coefficient (Wildman–Crippen LogP) is 5.43. The van der Waals surface area contributed by atoms with Crippen LogP contribution in [0.15, 0.2) is 18.2 Å². The first-order valence-corrected chi connectivity index (χ1v) is 6.48. The maximum absolute atomic E-state index is 6.23. The van der Waals surface area contributed by atoms with Gasteiger partial charge in [0.15, 0.2) is 0 Å². The van der Waals surface area contributed by atoms with Crippen LogP contribution in [0.5, 0.6) is 0 Å². The zero-order valence-electron chi connectivity index (χ0n) is 8.81. The summed E-state index contributed by atoms with van der Waals surface area (Å²) in [5, 5.41) is 1.58. The Labute approximate surface area is 102 Å². The van der Waals surface area contributed by atoms with E-state index in [0.717, 1.165) is 10.0 Å². The molecule has 0 aromatic heterocycles. The molecule has 0 saturated heterocycles. The third-order valence-electron chi connectivity index (χ3n) is 3.26. The van der Waals surface area contributed by atoms with Crippen molar-refractivity contribution in [3.05, 3.63) is 33.8 Å². The van der Waals surface area contributed by atoms with Crippen molar-refractivity contribution in [1.82, 2.24) is 0 Å². The highest BCUT2D eigenvalue weighted by Crippen LogP contribution is 2.36. The first kappa shape index (κ1) is 11.3. The van der Waals surface area contributed by atoms with Gasteiger partial charge in [0, 0.05) is 10.0 Å². The molecule has 2 rings (SSSR count). The molecule has 1 aromatic rings. The van der Waals surface area contributed by atoms with Gasteiger partial charge < -0.3 is 0 Å². The number of benzene rings is 1. The van der Waals surface area contributed by atoms with E-state index < -0.39 is 0 Å². The highest BCUT2D eigenvalue weighted by Gasteiger charge is 2.16. The van der Waals surface area contributed by atoms with Gasteiger partial charge >= 0.3 is 0 Å². The fourth-order valence-electron chi connectivity index (χ4n) is 2.42. The molecule has 0 aliphatic heterocycles. The number of hydrogen-bond donors (Lipinski definition) is 0. The third-order valence-corrected chi connectivity index (χ3v) is 3.82. The minimum atomic E-state index is 0.650. The van der Waals surface area contributed by atoms with Crippen molar-refractivity contribution in [2.24, 2.45) is 0 Å². The van der Waals surface area contributed by atoms with E-state index in [1.807, 2.05) is 12.1 Å². The van der Waals surface area contributed by atoms with Crippen LogP contribution in [0.4, 0.5) is 0 Å². The molecule has 15 heavy (non-hydrogen) atoms. The highest BCUT2D eigenvalue weighted by atomic mass is 35.5. The molecule has 2 heteroatoms. The van der Waals surface area contributed by atoms with Crippen molar-refractivity contribution < 1.29 is 0 Å². The molecule has 0 N–H and O–H groups in total. The molecule has 1 aromatic carbocycles. The van der Waals surface area contributed by atoms with E-state index in [9.17, 15) is 0 Å². The Morgan fingerprint density at radius 2 is 1.60 bits per heavy atom. The molecule has 0 unspecified atom stereocenters. The Hall–Kier alpha value is -0.200. The molecule has 1 saturated carbocycles. The Morgan fingerprint density at radius 1 is 0.933 bits per heavy atom. The van der Waals surface area contributed by atoms with Crippen LogP contribution in [-0.4, -0.2) is 0 Å². The van der Waals surface area contributed by atoms with E-state index in [1.165, 1.54) is 44.1 Å². The summed E-state index contributed by atoms with van der Waals surface area (Å²) in [6.45, 7) is 0. The van der Waals surface area contributed by atoms with E-state index in [-0.39, 0.29) is 0 Å². The van der Waals surface area contributed by atoms with Gasteiger partial charge in [-0.05, 0) is 36.5 Å². The molecular weight excluding hydrogens is 227 g/mol. The molecule has 82 valence electrons. The Morgan fingerprint density at radius 3 is 2.20 bits per heavy atom. The van der Waals surface area contributed by atoms with Crippen molar-refractivity contribution in [2.75, 3.05) is 0 Å². The summed E-state index contributed by atoms with van der Waals surface area (Å²) in [4.78, 5) is 0. The molecule has 1 aliphatic carbocycles. The summed E-state index contributed by atoms with van der Waals surface area (Å²) in [6, 6.07) is 5.91. The van der Waals surface area contributed by atoms with Crippen LogP contribution in [0.1, 0.15) is 50.0 Å². The van der Waals surface area contributed by atoms with E-state index in [2.05, 4.69) is 6.07 Å². The van der Waals surface area contributed by atoms with E-state index in [4.69, 9.17) is 23.2 Å². The van der Waals surface area contributed by atoms with Crippen LogP contribution in [0.3, 0.4) is 0 Å². The third kappa shape index (κ3) is 2.89. The largest absolute Gasteiger partial charge is 0.0843 e. The topological polar surface area (TPSA) is 0 Å². The molecule has 0 atom stereocenters. The van der Waals surface area contributed by atoms with Gasteiger partial charge in [0.2, 0.25) is 0 Å². The second-order valence-electron chi connectivity index (χ2n) is 4.35. The molecule has 1 aliphatic rings. The fraction of sp³-hybridized carbons (Fsp3) is 0.538. The van der Waals surface area contributed by atoms with Crippen molar-refractivity contribution >= 4 is 23.2 Å². The molecule has 0 heterocycles. The van der Waals surface area contributed by atoms with Gasteiger partial charge in [-0.1, -0.05) is 55.0 Å². The average Bonchev–Trinajstić information content (AvgIpc) is 2.46. The molecule has 0 radical (unpaired) electrons. The van der Waals surface area contributed by atoms with Gasteiger partial charge in [-0.3, -0.25) is 0 Å². The zero-order chi connectivity index (χ0) is 10.7. The maximum atomic E-state index is 6.23. The molecule has 1 fully saturated rings. The summed E-state index contributed by atoms with van der Waals surface area (Å²) in [5.74, 6) is 0.650. The second-order valence-corrected chi connectivity index (χ2v) is 5.20. The molecule has 0 amide bonds. The van der Waals surface area contributed by atoms with Crippen molar-refractivity contribution in [3.63, 3.8) is 0 Å². The van der Waals surface area contributed by atoms with Crippen molar-refractivity contribution in [3.8, 4) is 0 Å². The van der Waals surface area contributed by atoms with Gasteiger partial charge in [0.05, 0.1) is 0 Å². The zero-order valence-corrected chi connectivity index (χ0v) is 10.3.